The van der Waals surface area contributed by atoms with E-state index in [1.165, 1.54) is 11.5 Å². The van der Waals surface area contributed by atoms with E-state index in [0.717, 1.165) is 11.8 Å². The quantitative estimate of drug-likeness (QED) is 0.605. The van der Waals surface area contributed by atoms with Crippen LogP contribution in [-0.2, 0) is 4.79 Å². The first-order valence-electron chi connectivity index (χ1n) is 7.06. The summed E-state index contributed by atoms with van der Waals surface area (Å²) >= 11 is 1.15. The number of nitrogen functional groups attached to an aromatic ring is 1. The Morgan fingerprint density at radius 2 is 2.21 bits per heavy atom. The minimum absolute atomic E-state index is 0.0857. The second-order valence-electron chi connectivity index (χ2n) is 4.96. The highest BCUT2D eigenvalue weighted by atomic mass is 32.2. The normalized spacial score (nSPS) is 11.5. The maximum Gasteiger partial charge on any atom is 0.247 e. The maximum absolute atomic E-state index is 12.5. The van der Waals surface area contributed by atoms with Crippen LogP contribution in [0.5, 0.6) is 0 Å². The number of thioether (sulfide) groups is 1. The molecule has 0 bridgehead atoms. The number of anilines is 2. The molecular formula is C15H16N6O2S. The minimum atomic E-state index is -0.679. The summed E-state index contributed by atoms with van der Waals surface area (Å²) in [4.78, 5) is 23.9. The van der Waals surface area contributed by atoms with Crippen LogP contribution in [0.4, 0.5) is 11.6 Å². The lowest BCUT2D eigenvalue weighted by atomic mass is 10.1. The molecule has 1 atom stereocenters. The average molecular weight is 344 g/mol. The smallest absolute Gasteiger partial charge is 0.247 e. The zero-order valence-corrected chi connectivity index (χ0v) is 14.0. The van der Waals surface area contributed by atoms with Gasteiger partial charge in [0.1, 0.15) is 6.04 Å². The van der Waals surface area contributed by atoms with Gasteiger partial charge in [-0.2, -0.15) is 5.26 Å². The molecule has 0 fully saturated rings. The molecule has 1 aromatic carbocycles. The van der Waals surface area contributed by atoms with Crippen molar-refractivity contribution < 1.29 is 9.59 Å². The number of ketones is 1. The third-order valence-corrected chi connectivity index (χ3v) is 4.07. The Balaban J connectivity index is 2.18. The first-order chi connectivity index (χ1) is 11.4. The Kier molecular flexibility index (Phi) is 5.55. The molecule has 1 amide bonds. The van der Waals surface area contributed by atoms with E-state index in [4.69, 9.17) is 11.0 Å². The van der Waals surface area contributed by atoms with Crippen LogP contribution < -0.4 is 11.1 Å². The van der Waals surface area contributed by atoms with Crippen LogP contribution in [0.25, 0.3) is 0 Å². The Hall–Kier alpha value is -2.86. The van der Waals surface area contributed by atoms with Crippen molar-refractivity contribution in [3.63, 3.8) is 0 Å². The van der Waals surface area contributed by atoms with E-state index in [-0.39, 0.29) is 23.4 Å². The zero-order valence-electron chi connectivity index (χ0n) is 13.2. The molecule has 24 heavy (non-hydrogen) atoms. The molecule has 0 aliphatic carbocycles. The van der Waals surface area contributed by atoms with E-state index in [0.29, 0.717) is 16.4 Å². The van der Waals surface area contributed by atoms with Gasteiger partial charge < -0.3 is 11.1 Å². The predicted molar refractivity (Wildman–Crippen MR) is 90.6 cm³/mol. The van der Waals surface area contributed by atoms with E-state index >= 15 is 0 Å². The number of hydrogen-bond donors (Lipinski definition) is 2. The number of benzene rings is 1. The molecule has 2 aromatic rings. The van der Waals surface area contributed by atoms with Crippen LogP contribution in [0, 0.1) is 11.3 Å². The fraction of sp³-hybridized carbons (Fsp3) is 0.267. The van der Waals surface area contributed by atoms with Gasteiger partial charge in [0.2, 0.25) is 11.9 Å². The Bertz CT molecular complexity index is 811. The summed E-state index contributed by atoms with van der Waals surface area (Å²) in [6.07, 6.45) is 0. The topological polar surface area (TPSA) is 127 Å². The summed E-state index contributed by atoms with van der Waals surface area (Å²) in [6.45, 7) is 3.11. The molecular weight excluding hydrogens is 328 g/mol. The predicted octanol–water partition coefficient (Wildman–Crippen LogP) is 1.88. The van der Waals surface area contributed by atoms with Crippen molar-refractivity contribution in [2.75, 3.05) is 16.8 Å². The molecule has 2 rings (SSSR count). The second kappa shape index (κ2) is 7.61. The molecule has 3 N–H and O–H groups in total. The van der Waals surface area contributed by atoms with E-state index in [9.17, 15) is 9.59 Å². The number of Topliss-reactive ketones (excluding diaryl/α,β-unsaturated/α-hetero) is 1. The Morgan fingerprint density at radius 1 is 1.46 bits per heavy atom. The third kappa shape index (κ3) is 3.91. The summed E-state index contributed by atoms with van der Waals surface area (Å²) in [5.74, 6) is -0.151. The zero-order chi connectivity index (χ0) is 17.7. The van der Waals surface area contributed by atoms with Gasteiger partial charge in [-0.05, 0) is 26.0 Å². The number of carbonyl (C=O) groups excluding carboxylic acids is 2. The summed E-state index contributed by atoms with van der Waals surface area (Å²) in [5.41, 5.74) is 6.80. The summed E-state index contributed by atoms with van der Waals surface area (Å²) in [6, 6.07) is 7.97. The van der Waals surface area contributed by atoms with Gasteiger partial charge >= 0.3 is 0 Å². The SMILES string of the molecule is CC(=O)c1cccc(NC(=O)C(C)n2c(N)nnc2SCC#N)c1. The fourth-order valence-electron chi connectivity index (χ4n) is 2.03. The first-order valence-corrected chi connectivity index (χ1v) is 8.04. The number of amides is 1. The van der Waals surface area contributed by atoms with Crippen molar-refractivity contribution in [1.82, 2.24) is 14.8 Å². The molecule has 1 heterocycles. The second-order valence-corrected chi connectivity index (χ2v) is 5.90. The van der Waals surface area contributed by atoms with Gasteiger partial charge in [0.15, 0.2) is 10.9 Å². The number of nitrogens with one attached hydrogen (secondary N) is 1. The average Bonchev–Trinajstić information content (AvgIpc) is 2.93. The number of nitriles is 1. The van der Waals surface area contributed by atoms with Crippen molar-refractivity contribution >= 4 is 35.1 Å². The highest BCUT2D eigenvalue weighted by Crippen LogP contribution is 2.23. The van der Waals surface area contributed by atoms with Crippen molar-refractivity contribution in [2.45, 2.75) is 25.0 Å². The molecule has 8 nitrogen and oxygen atoms in total. The van der Waals surface area contributed by atoms with Crippen LogP contribution in [0.3, 0.4) is 0 Å². The molecule has 124 valence electrons. The molecule has 0 saturated carbocycles. The number of aromatic nitrogens is 3. The van der Waals surface area contributed by atoms with Crippen LogP contribution in [0.2, 0.25) is 0 Å². The largest absolute Gasteiger partial charge is 0.368 e. The van der Waals surface area contributed by atoms with Crippen LogP contribution >= 0.6 is 11.8 Å². The summed E-state index contributed by atoms with van der Waals surface area (Å²) < 4.78 is 1.46. The molecule has 0 spiro atoms. The minimum Gasteiger partial charge on any atom is -0.368 e. The van der Waals surface area contributed by atoms with E-state index < -0.39 is 6.04 Å². The molecule has 0 aliphatic heterocycles. The highest BCUT2D eigenvalue weighted by Gasteiger charge is 2.22. The van der Waals surface area contributed by atoms with E-state index in [1.807, 2.05) is 6.07 Å². The molecule has 0 radical (unpaired) electrons. The van der Waals surface area contributed by atoms with Gasteiger partial charge in [-0.15, -0.1) is 10.2 Å². The molecule has 0 saturated heterocycles. The van der Waals surface area contributed by atoms with Gasteiger partial charge in [0.25, 0.3) is 0 Å². The highest BCUT2D eigenvalue weighted by molar-refractivity contribution is 7.99. The van der Waals surface area contributed by atoms with Gasteiger partial charge in [0.05, 0.1) is 11.8 Å². The molecule has 1 unspecified atom stereocenters. The fourth-order valence-corrected chi connectivity index (χ4v) is 2.71. The summed E-state index contributed by atoms with van der Waals surface area (Å²) in [5, 5.41) is 19.4. The lowest BCUT2D eigenvalue weighted by molar-refractivity contribution is -0.118. The standard InChI is InChI=1S/C15H16N6O2S/c1-9(21-14(17)19-20-15(21)24-7-6-16)13(23)18-12-5-3-4-11(8-12)10(2)22/h3-5,8-9H,7H2,1-2H3,(H2,17,19)(H,18,23). The van der Waals surface area contributed by atoms with E-state index in [1.54, 1.807) is 31.2 Å². The number of nitrogens with zero attached hydrogens (tertiary/aromatic N) is 4. The number of carbonyl (C=O) groups is 2. The summed E-state index contributed by atoms with van der Waals surface area (Å²) in [7, 11) is 0. The molecule has 1 aromatic heterocycles. The lowest BCUT2D eigenvalue weighted by Crippen LogP contribution is -2.25. The van der Waals surface area contributed by atoms with Crippen LogP contribution in [0.1, 0.15) is 30.2 Å². The monoisotopic (exact) mass is 344 g/mol. The van der Waals surface area contributed by atoms with Crippen molar-refractivity contribution in [3.05, 3.63) is 29.8 Å². The van der Waals surface area contributed by atoms with Gasteiger partial charge in [-0.25, -0.2) is 0 Å². The van der Waals surface area contributed by atoms with Crippen molar-refractivity contribution in [1.29, 1.82) is 5.26 Å². The Morgan fingerprint density at radius 3 is 2.88 bits per heavy atom. The van der Waals surface area contributed by atoms with Crippen LogP contribution in [-0.4, -0.2) is 32.2 Å². The van der Waals surface area contributed by atoms with Crippen LogP contribution in [0.15, 0.2) is 29.4 Å². The van der Waals surface area contributed by atoms with Gasteiger partial charge in [-0.3, -0.25) is 14.2 Å². The number of hydrogen-bond acceptors (Lipinski definition) is 7. The molecule has 0 aliphatic rings. The van der Waals surface area contributed by atoms with Gasteiger partial charge in [-0.1, -0.05) is 23.9 Å². The van der Waals surface area contributed by atoms with Crippen molar-refractivity contribution in [2.24, 2.45) is 0 Å². The third-order valence-electron chi connectivity index (χ3n) is 3.26. The molecule has 9 heteroatoms. The van der Waals surface area contributed by atoms with Gasteiger partial charge in [0, 0.05) is 11.3 Å². The maximum atomic E-state index is 12.5. The Labute approximate surface area is 143 Å². The van der Waals surface area contributed by atoms with Crippen molar-refractivity contribution in [3.8, 4) is 6.07 Å². The number of rotatable bonds is 6. The first kappa shape index (κ1) is 17.5. The number of nitrogens with two attached hydrogens (primary N) is 1. The lowest BCUT2D eigenvalue weighted by Gasteiger charge is -2.16. The van der Waals surface area contributed by atoms with E-state index in [2.05, 4.69) is 15.5 Å².